The Morgan fingerprint density at radius 1 is 1.29 bits per heavy atom. The van der Waals surface area contributed by atoms with E-state index in [1.54, 1.807) is 0 Å². The largest absolute Gasteiger partial charge is 0.312 e. The lowest BCUT2D eigenvalue weighted by Gasteiger charge is -2.19. The van der Waals surface area contributed by atoms with E-state index in [4.69, 9.17) is 28.5 Å². The number of nitrogens with one attached hydrogen (secondary N) is 1. The second-order valence-corrected chi connectivity index (χ2v) is 3.78. The van der Waals surface area contributed by atoms with Crippen molar-refractivity contribution in [2.45, 2.75) is 13.0 Å². The van der Waals surface area contributed by atoms with Gasteiger partial charge < -0.3 is 5.32 Å². The molecule has 0 fully saturated rings. The van der Waals surface area contributed by atoms with Gasteiger partial charge in [-0.2, -0.15) is 5.26 Å². The highest BCUT2D eigenvalue weighted by Gasteiger charge is 2.19. The summed E-state index contributed by atoms with van der Waals surface area (Å²) in [5.41, 5.74) is 2.29. The Balaban J connectivity index is 2.69. The molecule has 14 heavy (non-hydrogen) atoms. The van der Waals surface area contributed by atoms with Gasteiger partial charge in [-0.25, -0.2) is 4.98 Å². The average molecular weight is 228 g/mol. The van der Waals surface area contributed by atoms with Crippen LogP contribution in [0, 0.1) is 11.3 Å². The maximum atomic E-state index is 8.92. The molecule has 0 amide bonds. The minimum absolute atomic E-state index is 0.194. The highest BCUT2D eigenvalue weighted by atomic mass is 35.5. The molecule has 1 aliphatic rings. The van der Waals surface area contributed by atoms with Crippen LogP contribution in [0.1, 0.15) is 16.7 Å². The number of nitrogens with zero attached hydrogens (tertiary/aromatic N) is 2. The highest BCUT2D eigenvalue weighted by molar-refractivity contribution is 6.33. The Bertz CT molecular complexity index is 423. The van der Waals surface area contributed by atoms with Crippen LogP contribution in [0.15, 0.2) is 0 Å². The first-order valence-corrected chi connectivity index (χ1v) is 4.97. The molecule has 0 atom stereocenters. The molecule has 0 saturated heterocycles. The van der Waals surface area contributed by atoms with Crippen LogP contribution in [0.2, 0.25) is 10.3 Å². The van der Waals surface area contributed by atoms with E-state index in [0.29, 0.717) is 17.3 Å². The molecule has 0 spiro atoms. The molecule has 0 bridgehead atoms. The summed E-state index contributed by atoms with van der Waals surface area (Å²) in [7, 11) is 0. The molecule has 0 unspecified atom stereocenters. The van der Waals surface area contributed by atoms with Crippen LogP contribution < -0.4 is 5.32 Å². The molecule has 0 radical (unpaired) electrons. The van der Waals surface area contributed by atoms with Gasteiger partial charge in [0.1, 0.15) is 16.4 Å². The maximum absolute atomic E-state index is 8.92. The van der Waals surface area contributed by atoms with Gasteiger partial charge in [-0.05, 0) is 24.1 Å². The van der Waals surface area contributed by atoms with Crippen LogP contribution in [0.5, 0.6) is 0 Å². The summed E-state index contributed by atoms with van der Waals surface area (Å²) < 4.78 is 0. The zero-order chi connectivity index (χ0) is 10.1. The predicted molar refractivity (Wildman–Crippen MR) is 54.4 cm³/mol. The van der Waals surface area contributed by atoms with Gasteiger partial charge in [-0.15, -0.1) is 0 Å². The third-order valence-electron chi connectivity index (χ3n) is 2.28. The van der Waals surface area contributed by atoms with E-state index in [9.17, 15) is 0 Å². The van der Waals surface area contributed by atoms with E-state index in [1.165, 1.54) is 0 Å². The number of pyridine rings is 1. The van der Waals surface area contributed by atoms with Crippen molar-refractivity contribution in [1.29, 1.82) is 5.26 Å². The molecule has 1 aliphatic heterocycles. The van der Waals surface area contributed by atoms with Crippen molar-refractivity contribution in [2.75, 3.05) is 6.54 Å². The van der Waals surface area contributed by atoms with Crippen LogP contribution in [-0.2, 0) is 13.0 Å². The van der Waals surface area contributed by atoms with E-state index in [2.05, 4.69) is 16.4 Å². The van der Waals surface area contributed by atoms with Gasteiger partial charge >= 0.3 is 0 Å². The van der Waals surface area contributed by atoms with Gasteiger partial charge in [0, 0.05) is 6.54 Å². The molecule has 2 heterocycles. The first kappa shape index (κ1) is 9.72. The number of halogens is 2. The van der Waals surface area contributed by atoms with Crippen molar-refractivity contribution in [1.82, 2.24) is 10.3 Å². The van der Waals surface area contributed by atoms with Gasteiger partial charge in [0.05, 0.1) is 5.56 Å². The quantitative estimate of drug-likeness (QED) is 0.690. The Morgan fingerprint density at radius 2 is 2.07 bits per heavy atom. The molecule has 1 aromatic rings. The van der Waals surface area contributed by atoms with E-state index in [1.807, 2.05) is 0 Å². The average Bonchev–Trinajstić information content (AvgIpc) is 2.18. The molecule has 0 aromatic carbocycles. The van der Waals surface area contributed by atoms with E-state index in [0.717, 1.165) is 24.1 Å². The van der Waals surface area contributed by atoms with Crippen molar-refractivity contribution >= 4 is 23.2 Å². The summed E-state index contributed by atoms with van der Waals surface area (Å²) in [5, 5.41) is 12.7. The zero-order valence-electron chi connectivity index (χ0n) is 7.27. The van der Waals surface area contributed by atoms with Crippen LogP contribution in [0.4, 0.5) is 0 Å². The van der Waals surface area contributed by atoms with E-state index < -0.39 is 0 Å². The van der Waals surface area contributed by atoms with Gasteiger partial charge in [0.25, 0.3) is 0 Å². The fourth-order valence-corrected chi connectivity index (χ4v) is 2.18. The summed E-state index contributed by atoms with van der Waals surface area (Å²) in [6, 6.07) is 2.06. The van der Waals surface area contributed by atoms with Crippen molar-refractivity contribution in [3.05, 3.63) is 27.0 Å². The van der Waals surface area contributed by atoms with Crippen molar-refractivity contribution in [3.63, 3.8) is 0 Å². The minimum atomic E-state index is 0.194. The lowest BCUT2D eigenvalue weighted by Crippen LogP contribution is -2.25. The van der Waals surface area contributed by atoms with Gasteiger partial charge in [0.2, 0.25) is 0 Å². The predicted octanol–water partition coefficient (Wildman–Crippen LogP) is 1.91. The van der Waals surface area contributed by atoms with Gasteiger partial charge in [0.15, 0.2) is 0 Å². The van der Waals surface area contributed by atoms with E-state index >= 15 is 0 Å². The number of hydrogen-bond donors (Lipinski definition) is 1. The summed E-state index contributed by atoms with van der Waals surface area (Å²) in [6.07, 6.45) is 0.799. The third kappa shape index (κ3) is 1.46. The van der Waals surface area contributed by atoms with Crippen LogP contribution in [0.25, 0.3) is 0 Å². The third-order valence-corrected chi connectivity index (χ3v) is 2.87. The topological polar surface area (TPSA) is 48.7 Å². The molecular weight excluding hydrogens is 221 g/mol. The molecule has 2 rings (SSSR count). The molecule has 1 N–H and O–H groups in total. The maximum Gasteiger partial charge on any atom is 0.148 e. The van der Waals surface area contributed by atoms with Gasteiger partial charge in [-0.3, -0.25) is 0 Å². The zero-order valence-corrected chi connectivity index (χ0v) is 8.78. The Kier molecular flexibility index (Phi) is 2.60. The second-order valence-electron chi connectivity index (χ2n) is 3.06. The van der Waals surface area contributed by atoms with Crippen LogP contribution >= 0.6 is 23.2 Å². The Hall–Kier alpha value is -0.820. The molecule has 0 saturated carbocycles. The molecule has 0 aliphatic carbocycles. The van der Waals surface area contributed by atoms with Crippen LogP contribution in [-0.4, -0.2) is 11.5 Å². The number of nitriles is 1. The molecule has 5 heteroatoms. The second kappa shape index (κ2) is 3.74. The van der Waals surface area contributed by atoms with Crippen molar-refractivity contribution in [3.8, 4) is 6.07 Å². The summed E-state index contributed by atoms with van der Waals surface area (Å²) in [6.45, 7) is 1.50. The SMILES string of the molecule is N#Cc1c(Cl)nc(Cl)c2c1CNCC2. The minimum Gasteiger partial charge on any atom is -0.312 e. The van der Waals surface area contributed by atoms with Gasteiger partial charge in [-0.1, -0.05) is 23.2 Å². The monoisotopic (exact) mass is 227 g/mol. The fourth-order valence-electron chi connectivity index (χ4n) is 1.60. The first-order valence-electron chi connectivity index (χ1n) is 4.21. The molecule has 72 valence electrons. The molecule has 1 aromatic heterocycles. The highest BCUT2D eigenvalue weighted by Crippen LogP contribution is 2.28. The fraction of sp³-hybridized carbons (Fsp3) is 0.333. The van der Waals surface area contributed by atoms with Crippen molar-refractivity contribution < 1.29 is 0 Å². The molecular formula is C9H7Cl2N3. The summed E-state index contributed by atoms with van der Waals surface area (Å²) >= 11 is 11.8. The first-order chi connectivity index (χ1) is 6.74. The van der Waals surface area contributed by atoms with Crippen LogP contribution in [0.3, 0.4) is 0 Å². The number of aromatic nitrogens is 1. The Morgan fingerprint density at radius 3 is 2.79 bits per heavy atom. The normalized spacial score (nSPS) is 14.6. The summed E-state index contributed by atoms with van der Waals surface area (Å²) in [4.78, 5) is 3.94. The number of hydrogen-bond acceptors (Lipinski definition) is 3. The standard InChI is InChI=1S/C9H7Cl2N3/c10-8-5-1-2-13-4-7(5)6(3-12)9(11)14-8/h13H,1-2,4H2. The lowest BCUT2D eigenvalue weighted by atomic mass is 9.99. The Labute approximate surface area is 91.7 Å². The van der Waals surface area contributed by atoms with E-state index in [-0.39, 0.29) is 5.15 Å². The summed E-state index contributed by atoms with van der Waals surface area (Å²) in [5.74, 6) is 0. The van der Waals surface area contributed by atoms with Crippen molar-refractivity contribution in [2.24, 2.45) is 0 Å². The number of fused-ring (bicyclic) bond motifs is 1. The lowest BCUT2D eigenvalue weighted by molar-refractivity contribution is 0.640. The smallest absolute Gasteiger partial charge is 0.148 e. The molecule has 3 nitrogen and oxygen atoms in total. The number of rotatable bonds is 0.